The third-order valence-corrected chi connectivity index (χ3v) is 3.34. The molecule has 19 heavy (non-hydrogen) atoms. The molecule has 0 aliphatic heterocycles. The fourth-order valence-corrected chi connectivity index (χ4v) is 1.90. The van der Waals surface area contributed by atoms with Crippen molar-refractivity contribution in [2.24, 2.45) is 0 Å². The molecule has 0 bridgehead atoms. The molecule has 0 aromatic heterocycles. The lowest BCUT2D eigenvalue weighted by Crippen LogP contribution is -2.27. The highest BCUT2D eigenvalue weighted by Gasteiger charge is 2.02. The van der Waals surface area contributed by atoms with Gasteiger partial charge in [-0.25, -0.2) is 0 Å². The fraction of sp³-hybridized carbons (Fsp3) is 0.933. The van der Waals surface area contributed by atoms with E-state index in [4.69, 9.17) is 0 Å². The van der Waals surface area contributed by atoms with Crippen molar-refractivity contribution in [3.63, 3.8) is 0 Å². The van der Waals surface area contributed by atoms with Gasteiger partial charge < -0.3 is 15.1 Å². The van der Waals surface area contributed by atoms with E-state index >= 15 is 0 Å². The van der Waals surface area contributed by atoms with Crippen LogP contribution in [-0.4, -0.2) is 62.0 Å². The van der Waals surface area contributed by atoms with Crippen LogP contribution in [0.1, 0.15) is 46.5 Å². The van der Waals surface area contributed by atoms with E-state index in [1.54, 1.807) is 11.8 Å². The zero-order chi connectivity index (χ0) is 14.7. The summed E-state index contributed by atoms with van der Waals surface area (Å²) in [5.41, 5.74) is 0. The average molecular weight is 271 g/mol. The molecule has 1 amide bonds. The van der Waals surface area contributed by atoms with Gasteiger partial charge in [-0.05, 0) is 52.4 Å². The molecular formula is C15H33N3O. The molecule has 0 saturated carbocycles. The molecule has 4 nitrogen and oxygen atoms in total. The van der Waals surface area contributed by atoms with Gasteiger partial charge in [0.1, 0.15) is 0 Å². The van der Waals surface area contributed by atoms with Crippen molar-refractivity contribution in [2.75, 3.05) is 40.3 Å². The van der Waals surface area contributed by atoms with Crippen LogP contribution in [0.4, 0.5) is 0 Å². The molecule has 4 heteroatoms. The number of unbranched alkanes of at least 4 members (excludes halogenated alkanes) is 2. The predicted octanol–water partition coefficient (Wildman–Crippen LogP) is 1.95. The molecular weight excluding hydrogens is 238 g/mol. The van der Waals surface area contributed by atoms with Gasteiger partial charge in [-0.2, -0.15) is 0 Å². The summed E-state index contributed by atoms with van der Waals surface area (Å²) in [4.78, 5) is 15.2. The normalized spacial score (nSPS) is 11.3. The third kappa shape index (κ3) is 12.2. The predicted molar refractivity (Wildman–Crippen MR) is 82.4 cm³/mol. The first-order chi connectivity index (χ1) is 8.93. The van der Waals surface area contributed by atoms with E-state index in [2.05, 4.69) is 31.1 Å². The van der Waals surface area contributed by atoms with Gasteiger partial charge in [0.15, 0.2) is 0 Å². The minimum absolute atomic E-state index is 0.158. The molecule has 0 aliphatic carbocycles. The molecule has 0 heterocycles. The SMILES string of the molecule is CC(=O)N(C)CCCCN(C)CCCCNC(C)C. The first kappa shape index (κ1) is 18.4. The molecule has 0 aromatic rings. The molecule has 0 aliphatic rings. The summed E-state index contributed by atoms with van der Waals surface area (Å²) in [6.07, 6.45) is 4.76. The largest absolute Gasteiger partial charge is 0.346 e. The van der Waals surface area contributed by atoms with Crippen molar-refractivity contribution in [1.82, 2.24) is 15.1 Å². The van der Waals surface area contributed by atoms with Crippen LogP contribution in [0.25, 0.3) is 0 Å². The summed E-state index contributed by atoms with van der Waals surface area (Å²) in [5.74, 6) is 0.158. The number of carbonyl (C=O) groups excluding carboxylic acids is 1. The van der Waals surface area contributed by atoms with Crippen molar-refractivity contribution in [2.45, 2.75) is 52.5 Å². The minimum Gasteiger partial charge on any atom is -0.346 e. The van der Waals surface area contributed by atoms with E-state index < -0.39 is 0 Å². The van der Waals surface area contributed by atoms with Gasteiger partial charge in [0.05, 0.1) is 0 Å². The zero-order valence-electron chi connectivity index (χ0n) is 13.5. The van der Waals surface area contributed by atoms with Crippen molar-refractivity contribution in [3.8, 4) is 0 Å². The van der Waals surface area contributed by atoms with E-state index in [0.29, 0.717) is 6.04 Å². The molecule has 114 valence electrons. The topological polar surface area (TPSA) is 35.6 Å². The van der Waals surface area contributed by atoms with E-state index in [0.717, 1.165) is 26.1 Å². The monoisotopic (exact) mass is 271 g/mol. The highest BCUT2D eigenvalue weighted by molar-refractivity contribution is 5.72. The maximum Gasteiger partial charge on any atom is 0.219 e. The van der Waals surface area contributed by atoms with E-state index in [1.807, 2.05) is 7.05 Å². The Morgan fingerprint density at radius 1 is 1.00 bits per heavy atom. The van der Waals surface area contributed by atoms with Crippen LogP contribution in [0, 0.1) is 0 Å². The molecule has 0 aromatic carbocycles. The number of carbonyl (C=O) groups is 1. The Kier molecular flexibility index (Phi) is 10.9. The van der Waals surface area contributed by atoms with Gasteiger partial charge in [-0.15, -0.1) is 0 Å². The van der Waals surface area contributed by atoms with Gasteiger partial charge >= 0.3 is 0 Å². The quantitative estimate of drug-likeness (QED) is 0.584. The summed E-state index contributed by atoms with van der Waals surface area (Å²) in [6.45, 7) is 10.3. The number of nitrogens with zero attached hydrogens (tertiary/aromatic N) is 2. The van der Waals surface area contributed by atoms with Crippen molar-refractivity contribution in [3.05, 3.63) is 0 Å². The summed E-state index contributed by atoms with van der Waals surface area (Å²) in [6, 6.07) is 0.594. The molecule has 1 N–H and O–H groups in total. The lowest BCUT2D eigenvalue weighted by atomic mass is 10.2. The molecule has 0 rings (SSSR count). The number of nitrogens with one attached hydrogen (secondary N) is 1. The van der Waals surface area contributed by atoms with Gasteiger partial charge in [0.25, 0.3) is 0 Å². The average Bonchev–Trinajstić information content (AvgIpc) is 2.33. The number of amides is 1. The number of rotatable bonds is 11. The van der Waals surface area contributed by atoms with Crippen LogP contribution in [-0.2, 0) is 4.79 Å². The van der Waals surface area contributed by atoms with Crippen molar-refractivity contribution < 1.29 is 4.79 Å². The fourth-order valence-electron chi connectivity index (χ4n) is 1.90. The summed E-state index contributed by atoms with van der Waals surface area (Å²) < 4.78 is 0. The lowest BCUT2D eigenvalue weighted by Gasteiger charge is -2.18. The smallest absolute Gasteiger partial charge is 0.219 e. The second-order valence-electron chi connectivity index (χ2n) is 5.77. The highest BCUT2D eigenvalue weighted by Crippen LogP contribution is 1.98. The Hall–Kier alpha value is -0.610. The Balaban J connectivity index is 3.35. The van der Waals surface area contributed by atoms with Gasteiger partial charge in [-0.1, -0.05) is 13.8 Å². The molecule has 0 fully saturated rings. The molecule has 0 spiro atoms. The second-order valence-corrected chi connectivity index (χ2v) is 5.77. The molecule has 0 unspecified atom stereocenters. The van der Waals surface area contributed by atoms with Crippen LogP contribution in [0.15, 0.2) is 0 Å². The van der Waals surface area contributed by atoms with Crippen molar-refractivity contribution >= 4 is 5.91 Å². The third-order valence-electron chi connectivity index (χ3n) is 3.34. The highest BCUT2D eigenvalue weighted by atomic mass is 16.2. The van der Waals surface area contributed by atoms with Crippen molar-refractivity contribution in [1.29, 1.82) is 0 Å². The number of hydrogen-bond acceptors (Lipinski definition) is 3. The Morgan fingerprint density at radius 3 is 2.05 bits per heavy atom. The van der Waals surface area contributed by atoms with Crippen LogP contribution < -0.4 is 5.32 Å². The van der Waals surface area contributed by atoms with Crippen LogP contribution >= 0.6 is 0 Å². The Labute approximate surface area is 119 Å². The van der Waals surface area contributed by atoms with Crippen LogP contribution in [0.5, 0.6) is 0 Å². The van der Waals surface area contributed by atoms with Gasteiger partial charge in [0, 0.05) is 26.6 Å². The number of hydrogen-bond donors (Lipinski definition) is 1. The standard InChI is InChI=1S/C15H33N3O/c1-14(2)16-10-6-7-11-17(4)12-8-9-13-18(5)15(3)19/h14,16H,6-13H2,1-5H3. The van der Waals surface area contributed by atoms with Crippen LogP contribution in [0.3, 0.4) is 0 Å². The van der Waals surface area contributed by atoms with E-state index in [9.17, 15) is 4.79 Å². The second kappa shape index (κ2) is 11.2. The lowest BCUT2D eigenvalue weighted by molar-refractivity contribution is -0.127. The van der Waals surface area contributed by atoms with E-state index in [-0.39, 0.29) is 5.91 Å². The summed E-state index contributed by atoms with van der Waals surface area (Å²) >= 11 is 0. The Morgan fingerprint density at radius 2 is 1.53 bits per heavy atom. The Bertz CT molecular complexity index is 231. The zero-order valence-corrected chi connectivity index (χ0v) is 13.5. The first-order valence-electron chi connectivity index (χ1n) is 7.57. The van der Waals surface area contributed by atoms with Gasteiger partial charge in [-0.3, -0.25) is 4.79 Å². The molecule has 0 radical (unpaired) electrons. The van der Waals surface area contributed by atoms with E-state index in [1.165, 1.54) is 25.8 Å². The maximum atomic E-state index is 11.0. The molecule has 0 atom stereocenters. The van der Waals surface area contributed by atoms with Gasteiger partial charge in [0.2, 0.25) is 5.91 Å². The molecule has 0 saturated heterocycles. The first-order valence-corrected chi connectivity index (χ1v) is 7.57. The summed E-state index contributed by atoms with van der Waals surface area (Å²) in [5, 5.41) is 3.44. The van der Waals surface area contributed by atoms with Crippen LogP contribution in [0.2, 0.25) is 0 Å². The maximum absolute atomic E-state index is 11.0. The minimum atomic E-state index is 0.158. The summed E-state index contributed by atoms with van der Waals surface area (Å²) in [7, 11) is 4.05.